The molecule has 0 spiro atoms. The summed E-state index contributed by atoms with van der Waals surface area (Å²) in [6, 6.07) is 12.5. The molecule has 1 aromatic carbocycles. The maximum atomic E-state index is 14.5. The van der Waals surface area contributed by atoms with E-state index >= 15 is 0 Å². The normalized spacial score (nSPS) is 13.3. The smallest absolute Gasteiger partial charge is 0.227 e. The first-order valence-electron chi connectivity index (χ1n) is 12.0. The first-order chi connectivity index (χ1) is 18.1. The molecule has 1 fully saturated rings. The quantitative estimate of drug-likeness (QED) is 0.287. The molecule has 7 rings (SSSR count). The first kappa shape index (κ1) is 21.4. The Kier molecular flexibility index (Phi) is 4.81. The number of fused-ring (bicyclic) bond motifs is 2. The molecule has 5 heterocycles. The molecule has 0 saturated heterocycles. The summed E-state index contributed by atoms with van der Waals surface area (Å²) in [7, 11) is 0. The number of rotatable bonds is 5. The number of halogens is 1. The minimum absolute atomic E-state index is 0.0349. The molecule has 0 aliphatic heterocycles. The van der Waals surface area contributed by atoms with E-state index in [1.165, 1.54) is 6.07 Å². The second-order valence-corrected chi connectivity index (χ2v) is 9.23. The van der Waals surface area contributed by atoms with Gasteiger partial charge in [0.1, 0.15) is 5.82 Å². The van der Waals surface area contributed by atoms with Crippen LogP contribution in [0.4, 0.5) is 10.1 Å². The number of hydrogen-bond donors (Lipinski definition) is 3. The van der Waals surface area contributed by atoms with Crippen LogP contribution in [0.15, 0.2) is 73.4 Å². The van der Waals surface area contributed by atoms with Crippen molar-refractivity contribution in [3.63, 3.8) is 0 Å². The zero-order valence-electron chi connectivity index (χ0n) is 19.5. The van der Waals surface area contributed by atoms with Gasteiger partial charge in [-0.05, 0) is 37.1 Å². The molecule has 0 bridgehead atoms. The Morgan fingerprint density at radius 2 is 1.76 bits per heavy atom. The number of aromatic nitrogens is 6. The van der Waals surface area contributed by atoms with Crippen LogP contribution >= 0.6 is 0 Å². The monoisotopic (exact) mass is 489 g/mol. The van der Waals surface area contributed by atoms with E-state index in [2.05, 4.69) is 35.5 Å². The van der Waals surface area contributed by atoms with Gasteiger partial charge in [-0.2, -0.15) is 5.10 Å². The van der Waals surface area contributed by atoms with Crippen LogP contribution in [0.2, 0.25) is 0 Å². The van der Waals surface area contributed by atoms with E-state index < -0.39 is 0 Å². The zero-order chi connectivity index (χ0) is 24.9. The van der Waals surface area contributed by atoms with E-state index in [9.17, 15) is 9.18 Å². The third kappa shape index (κ3) is 3.81. The van der Waals surface area contributed by atoms with Crippen molar-refractivity contribution in [2.45, 2.75) is 12.8 Å². The predicted molar refractivity (Wildman–Crippen MR) is 139 cm³/mol. The van der Waals surface area contributed by atoms with Crippen molar-refractivity contribution in [2.75, 3.05) is 5.32 Å². The lowest BCUT2D eigenvalue weighted by Crippen LogP contribution is -2.13. The highest BCUT2D eigenvalue weighted by Crippen LogP contribution is 2.35. The molecule has 6 aromatic rings. The lowest BCUT2D eigenvalue weighted by molar-refractivity contribution is -0.117. The number of amides is 1. The Morgan fingerprint density at radius 3 is 2.62 bits per heavy atom. The third-order valence-corrected chi connectivity index (χ3v) is 6.68. The lowest BCUT2D eigenvalue weighted by atomic mass is 10.0. The second-order valence-electron chi connectivity index (χ2n) is 9.23. The largest absolute Gasteiger partial charge is 0.352 e. The molecule has 180 valence electrons. The summed E-state index contributed by atoms with van der Waals surface area (Å²) in [5, 5.41) is 12.1. The van der Waals surface area contributed by atoms with Crippen LogP contribution in [-0.4, -0.2) is 36.0 Å². The molecule has 1 saturated carbocycles. The number of pyridine rings is 3. The third-order valence-electron chi connectivity index (χ3n) is 6.68. The molecule has 1 aliphatic rings. The van der Waals surface area contributed by atoms with Gasteiger partial charge in [0.25, 0.3) is 0 Å². The molecule has 5 aromatic heterocycles. The average Bonchev–Trinajstić information content (AvgIpc) is 3.55. The molecule has 1 amide bonds. The summed E-state index contributed by atoms with van der Waals surface area (Å²) in [6.45, 7) is 0. The Balaban J connectivity index is 1.29. The standard InChI is InChI=1S/C28H20FN7O/c29-23-4-2-1-3-19(23)22-13-31-14-25-20(22)9-24(34-25)26-21-8-17(11-32-27(21)36-35-26)16-7-18(12-30-10-16)33-28(37)15-5-6-15/h1-4,7-15,34H,5-6H2,(H,33,37)(H,32,35,36). The van der Waals surface area contributed by atoms with Gasteiger partial charge in [0, 0.05) is 57.5 Å². The number of aromatic amines is 2. The van der Waals surface area contributed by atoms with E-state index in [1.807, 2.05) is 24.3 Å². The highest BCUT2D eigenvalue weighted by atomic mass is 19.1. The predicted octanol–water partition coefficient (Wildman–Crippen LogP) is 5.72. The highest BCUT2D eigenvalue weighted by molar-refractivity contribution is 6.01. The molecule has 0 unspecified atom stereocenters. The number of carbonyl (C=O) groups is 1. The van der Waals surface area contributed by atoms with E-state index in [4.69, 9.17) is 0 Å². The van der Waals surface area contributed by atoms with Crippen molar-refractivity contribution in [1.29, 1.82) is 0 Å². The molecular formula is C28H20FN7O. The van der Waals surface area contributed by atoms with Crippen LogP contribution in [0.25, 0.3) is 55.6 Å². The van der Waals surface area contributed by atoms with Gasteiger partial charge in [0.2, 0.25) is 5.91 Å². The van der Waals surface area contributed by atoms with Crippen molar-refractivity contribution >= 4 is 33.5 Å². The fourth-order valence-corrected chi connectivity index (χ4v) is 4.60. The van der Waals surface area contributed by atoms with Crippen LogP contribution < -0.4 is 5.32 Å². The minimum Gasteiger partial charge on any atom is -0.352 e. The molecule has 37 heavy (non-hydrogen) atoms. The van der Waals surface area contributed by atoms with Crippen LogP contribution in [-0.2, 0) is 4.79 Å². The summed E-state index contributed by atoms with van der Waals surface area (Å²) in [5.74, 6) is -0.155. The van der Waals surface area contributed by atoms with Gasteiger partial charge in [0.05, 0.1) is 35.0 Å². The summed E-state index contributed by atoms with van der Waals surface area (Å²) in [5.41, 5.74) is 6.42. The van der Waals surface area contributed by atoms with E-state index in [-0.39, 0.29) is 17.6 Å². The van der Waals surface area contributed by atoms with E-state index in [0.717, 1.165) is 51.6 Å². The van der Waals surface area contributed by atoms with Gasteiger partial charge in [0.15, 0.2) is 5.65 Å². The second kappa shape index (κ2) is 8.34. The SMILES string of the molecule is O=C(Nc1cncc(-c2cnc3n[nH]c(-c4cc5c(-c6ccccc6F)cncc5[nH]4)c3c2)c1)C1CC1. The topological polar surface area (TPSA) is 112 Å². The van der Waals surface area contributed by atoms with E-state index in [0.29, 0.717) is 22.5 Å². The van der Waals surface area contributed by atoms with Gasteiger partial charge in [-0.3, -0.25) is 19.9 Å². The van der Waals surface area contributed by atoms with Gasteiger partial charge >= 0.3 is 0 Å². The highest BCUT2D eigenvalue weighted by Gasteiger charge is 2.29. The Hall–Kier alpha value is -4.92. The van der Waals surface area contributed by atoms with Gasteiger partial charge in [-0.1, -0.05) is 18.2 Å². The number of anilines is 1. The van der Waals surface area contributed by atoms with Crippen molar-refractivity contribution in [2.24, 2.45) is 5.92 Å². The summed E-state index contributed by atoms with van der Waals surface area (Å²) >= 11 is 0. The van der Waals surface area contributed by atoms with E-state index in [1.54, 1.807) is 43.1 Å². The van der Waals surface area contributed by atoms with Crippen LogP contribution in [0.5, 0.6) is 0 Å². The summed E-state index contributed by atoms with van der Waals surface area (Å²) in [6.07, 6.45) is 10.4. The van der Waals surface area contributed by atoms with Crippen molar-refractivity contribution in [3.8, 4) is 33.6 Å². The maximum absolute atomic E-state index is 14.5. The number of carbonyl (C=O) groups excluding carboxylic acids is 1. The number of hydrogen-bond acceptors (Lipinski definition) is 5. The minimum atomic E-state index is -0.301. The zero-order valence-corrected chi connectivity index (χ0v) is 19.5. The molecule has 1 aliphatic carbocycles. The molecule has 9 heteroatoms. The molecule has 0 atom stereocenters. The first-order valence-corrected chi connectivity index (χ1v) is 12.0. The number of benzene rings is 1. The maximum Gasteiger partial charge on any atom is 0.227 e. The fourth-order valence-electron chi connectivity index (χ4n) is 4.60. The van der Waals surface area contributed by atoms with Crippen LogP contribution in [0, 0.1) is 11.7 Å². The van der Waals surface area contributed by atoms with Crippen molar-refractivity contribution in [3.05, 3.63) is 79.3 Å². The van der Waals surface area contributed by atoms with Gasteiger partial charge < -0.3 is 10.3 Å². The fraction of sp³-hybridized carbons (Fsp3) is 0.107. The Labute approximate surface area is 210 Å². The number of nitrogens with one attached hydrogen (secondary N) is 3. The van der Waals surface area contributed by atoms with Gasteiger partial charge in [-0.15, -0.1) is 0 Å². The van der Waals surface area contributed by atoms with Gasteiger partial charge in [-0.25, -0.2) is 9.37 Å². The van der Waals surface area contributed by atoms with Crippen LogP contribution in [0.1, 0.15) is 12.8 Å². The Bertz CT molecular complexity index is 1820. The molecule has 3 N–H and O–H groups in total. The molecular weight excluding hydrogens is 469 g/mol. The van der Waals surface area contributed by atoms with Crippen molar-refractivity contribution in [1.82, 2.24) is 30.1 Å². The average molecular weight is 490 g/mol. The summed E-state index contributed by atoms with van der Waals surface area (Å²) in [4.78, 5) is 28.7. The lowest BCUT2D eigenvalue weighted by Gasteiger charge is -2.07. The molecule has 0 radical (unpaired) electrons. The molecule has 8 nitrogen and oxygen atoms in total. The summed E-state index contributed by atoms with van der Waals surface area (Å²) < 4.78 is 14.5. The number of nitrogens with zero attached hydrogens (tertiary/aromatic N) is 4. The van der Waals surface area contributed by atoms with Crippen LogP contribution in [0.3, 0.4) is 0 Å². The Morgan fingerprint density at radius 1 is 0.919 bits per heavy atom. The number of H-pyrrole nitrogens is 2. The van der Waals surface area contributed by atoms with Crippen molar-refractivity contribution < 1.29 is 9.18 Å².